The van der Waals surface area contributed by atoms with Gasteiger partial charge in [-0.1, -0.05) is 62.4 Å². The topological polar surface area (TPSA) is 74.0 Å². The Labute approximate surface area is 165 Å². The quantitative estimate of drug-likeness (QED) is 0.587. The van der Waals surface area contributed by atoms with Crippen molar-refractivity contribution in [2.45, 2.75) is 39.3 Å². The first kappa shape index (κ1) is 19.7. The van der Waals surface area contributed by atoms with Gasteiger partial charge in [-0.3, -0.25) is 9.59 Å². The standard InChI is InChI=1S/C23H27N3O2/c1-15(2)22(27)26-21(13-18-14-24-20-12-8-7-11-19(18)20)23(28)25-16(3)17-9-5-4-6-10-17/h4-12,14-16,21,24H,13H2,1-3H3,(H,25,28)(H,26,27). The van der Waals surface area contributed by atoms with Crippen LogP contribution >= 0.6 is 0 Å². The summed E-state index contributed by atoms with van der Waals surface area (Å²) < 4.78 is 0. The van der Waals surface area contributed by atoms with Crippen LogP contribution in [0.4, 0.5) is 0 Å². The molecule has 3 aromatic rings. The summed E-state index contributed by atoms with van der Waals surface area (Å²) in [5.74, 6) is -0.507. The van der Waals surface area contributed by atoms with E-state index in [1.165, 1.54) is 0 Å². The van der Waals surface area contributed by atoms with E-state index in [1.807, 2.05) is 81.6 Å². The van der Waals surface area contributed by atoms with Crippen molar-refractivity contribution in [2.75, 3.05) is 0 Å². The molecule has 0 saturated heterocycles. The maximum absolute atomic E-state index is 13.0. The highest BCUT2D eigenvalue weighted by Gasteiger charge is 2.25. The van der Waals surface area contributed by atoms with Gasteiger partial charge in [-0.15, -0.1) is 0 Å². The summed E-state index contributed by atoms with van der Waals surface area (Å²) in [6, 6.07) is 17.0. The Bertz CT molecular complexity index is 947. The smallest absolute Gasteiger partial charge is 0.243 e. The summed E-state index contributed by atoms with van der Waals surface area (Å²) in [5, 5.41) is 7.01. The Morgan fingerprint density at radius 2 is 1.57 bits per heavy atom. The lowest BCUT2D eigenvalue weighted by Crippen LogP contribution is -2.49. The number of rotatable bonds is 7. The van der Waals surface area contributed by atoms with Crippen LogP contribution in [-0.4, -0.2) is 22.8 Å². The first-order valence-electron chi connectivity index (χ1n) is 9.66. The van der Waals surface area contributed by atoms with E-state index in [4.69, 9.17) is 0 Å². The van der Waals surface area contributed by atoms with Crippen molar-refractivity contribution in [1.29, 1.82) is 0 Å². The summed E-state index contributed by atoms with van der Waals surface area (Å²) in [5.41, 5.74) is 3.05. The molecule has 3 rings (SSSR count). The lowest BCUT2D eigenvalue weighted by atomic mass is 10.0. The van der Waals surface area contributed by atoms with Gasteiger partial charge in [-0.05, 0) is 24.1 Å². The fourth-order valence-electron chi connectivity index (χ4n) is 3.21. The number of fused-ring (bicyclic) bond motifs is 1. The molecule has 0 fully saturated rings. The SMILES string of the molecule is CC(C)C(=O)NC(Cc1c[nH]c2ccccc12)C(=O)NC(C)c1ccccc1. The zero-order chi connectivity index (χ0) is 20.1. The minimum Gasteiger partial charge on any atom is -0.361 e. The van der Waals surface area contributed by atoms with E-state index in [1.54, 1.807) is 0 Å². The van der Waals surface area contributed by atoms with Crippen LogP contribution in [0.5, 0.6) is 0 Å². The molecule has 0 aliphatic carbocycles. The number of aromatic amines is 1. The summed E-state index contributed by atoms with van der Waals surface area (Å²) in [4.78, 5) is 28.5. The zero-order valence-corrected chi connectivity index (χ0v) is 16.5. The lowest BCUT2D eigenvalue weighted by Gasteiger charge is -2.22. The van der Waals surface area contributed by atoms with E-state index in [9.17, 15) is 9.59 Å². The van der Waals surface area contributed by atoms with Gasteiger partial charge < -0.3 is 15.6 Å². The fraction of sp³-hybridized carbons (Fsp3) is 0.304. The maximum atomic E-state index is 13.0. The highest BCUT2D eigenvalue weighted by atomic mass is 16.2. The van der Waals surface area contributed by atoms with E-state index in [-0.39, 0.29) is 23.8 Å². The van der Waals surface area contributed by atoms with Crippen LogP contribution in [0.2, 0.25) is 0 Å². The molecule has 2 atom stereocenters. The molecular weight excluding hydrogens is 350 g/mol. The van der Waals surface area contributed by atoms with Crippen molar-refractivity contribution in [3.63, 3.8) is 0 Å². The van der Waals surface area contributed by atoms with E-state index in [2.05, 4.69) is 15.6 Å². The third-order valence-electron chi connectivity index (χ3n) is 4.91. The minimum atomic E-state index is -0.639. The molecule has 146 valence electrons. The molecule has 2 unspecified atom stereocenters. The van der Waals surface area contributed by atoms with Gasteiger partial charge in [-0.25, -0.2) is 0 Å². The number of nitrogens with one attached hydrogen (secondary N) is 3. The molecule has 1 aromatic heterocycles. The van der Waals surface area contributed by atoms with Crippen LogP contribution in [0.25, 0.3) is 10.9 Å². The number of hydrogen-bond donors (Lipinski definition) is 3. The van der Waals surface area contributed by atoms with Crippen molar-refractivity contribution in [1.82, 2.24) is 15.6 Å². The van der Waals surface area contributed by atoms with Gasteiger partial charge >= 0.3 is 0 Å². The normalized spacial score (nSPS) is 13.3. The van der Waals surface area contributed by atoms with Crippen molar-refractivity contribution in [3.05, 3.63) is 71.9 Å². The van der Waals surface area contributed by atoms with Crippen LogP contribution in [0.3, 0.4) is 0 Å². The number of carbonyl (C=O) groups excluding carboxylic acids is 2. The van der Waals surface area contributed by atoms with Gasteiger partial charge in [0.2, 0.25) is 11.8 Å². The molecule has 28 heavy (non-hydrogen) atoms. The minimum absolute atomic E-state index is 0.132. The summed E-state index contributed by atoms with van der Waals surface area (Å²) in [6.45, 7) is 5.59. The van der Waals surface area contributed by atoms with Crippen LogP contribution in [-0.2, 0) is 16.0 Å². The van der Waals surface area contributed by atoms with Crippen LogP contribution in [0.15, 0.2) is 60.8 Å². The predicted octanol–water partition coefficient (Wildman–Crippen LogP) is 3.73. The van der Waals surface area contributed by atoms with Gasteiger partial charge in [0.05, 0.1) is 6.04 Å². The van der Waals surface area contributed by atoms with Gasteiger partial charge in [0, 0.05) is 29.4 Å². The summed E-state index contributed by atoms with van der Waals surface area (Å²) in [7, 11) is 0. The Balaban J connectivity index is 1.79. The molecule has 0 aliphatic rings. The molecule has 0 radical (unpaired) electrons. The Morgan fingerprint density at radius 1 is 0.893 bits per heavy atom. The molecule has 2 aromatic carbocycles. The molecular formula is C23H27N3O2. The van der Waals surface area contributed by atoms with Crippen molar-refractivity contribution in [3.8, 4) is 0 Å². The number of benzene rings is 2. The number of H-pyrrole nitrogens is 1. The Hall–Kier alpha value is -3.08. The monoisotopic (exact) mass is 377 g/mol. The Morgan fingerprint density at radius 3 is 2.29 bits per heavy atom. The van der Waals surface area contributed by atoms with Crippen LogP contribution in [0, 0.1) is 5.92 Å². The average molecular weight is 377 g/mol. The van der Waals surface area contributed by atoms with Crippen molar-refractivity contribution < 1.29 is 9.59 Å². The van der Waals surface area contributed by atoms with Crippen LogP contribution in [0.1, 0.15) is 37.9 Å². The molecule has 3 N–H and O–H groups in total. The second-order valence-electron chi connectivity index (χ2n) is 7.42. The molecule has 0 aliphatic heterocycles. The average Bonchev–Trinajstić information content (AvgIpc) is 3.11. The molecule has 2 amide bonds. The third kappa shape index (κ3) is 4.60. The van der Waals surface area contributed by atoms with Crippen LogP contribution < -0.4 is 10.6 Å². The highest BCUT2D eigenvalue weighted by Crippen LogP contribution is 2.20. The van der Waals surface area contributed by atoms with E-state index in [0.29, 0.717) is 6.42 Å². The van der Waals surface area contributed by atoms with Crippen molar-refractivity contribution >= 4 is 22.7 Å². The Kier molecular flexibility index (Phi) is 6.14. The number of para-hydroxylation sites is 1. The molecule has 1 heterocycles. The molecule has 5 heteroatoms. The van der Waals surface area contributed by atoms with Crippen molar-refractivity contribution in [2.24, 2.45) is 5.92 Å². The van der Waals surface area contributed by atoms with Gasteiger partial charge in [-0.2, -0.15) is 0 Å². The van der Waals surface area contributed by atoms with E-state index < -0.39 is 6.04 Å². The number of hydrogen-bond acceptors (Lipinski definition) is 2. The van der Waals surface area contributed by atoms with E-state index in [0.717, 1.165) is 22.0 Å². The highest BCUT2D eigenvalue weighted by molar-refractivity contribution is 5.90. The fourth-order valence-corrected chi connectivity index (χ4v) is 3.21. The molecule has 0 saturated carbocycles. The number of amides is 2. The molecule has 5 nitrogen and oxygen atoms in total. The zero-order valence-electron chi connectivity index (χ0n) is 16.5. The largest absolute Gasteiger partial charge is 0.361 e. The second-order valence-corrected chi connectivity index (χ2v) is 7.42. The van der Waals surface area contributed by atoms with Gasteiger partial charge in [0.1, 0.15) is 6.04 Å². The van der Waals surface area contributed by atoms with Gasteiger partial charge in [0.15, 0.2) is 0 Å². The van der Waals surface area contributed by atoms with Gasteiger partial charge in [0.25, 0.3) is 0 Å². The number of aromatic nitrogens is 1. The predicted molar refractivity (Wildman–Crippen MR) is 112 cm³/mol. The molecule has 0 spiro atoms. The first-order chi connectivity index (χ1) is 13.5. The first-order valence-corrected chi connectivity index (χ1v) is 9.66. The maximum Gasteiger partial charge on any atom is 0.243 e. The second kappa shape index (κ2) is 8.74. The lowest BCUT2D eigenvalue weighted by molar-refractivity contribution is -0.130. The van der Waals surface area contributed by atoms with E-state index >= 15 is 0 Å². The number of carbonyl (C=O) groups is 2. The third-order valence-corrected chi connectivity index (χ3v) is 4.91. The molecule has 0 bridgehead atoms. The summed E-state index contributed by atoms with van der Waals surface area (Å²) in [6.07, 6.45) is 2.34. The summed E-state index contributed by atoms with van der Waals surface area (Å²) >= 11 is 0.